The van der Waals surface area contributed by atoms with Crippen molar-refractivity contribution < 1.29 is 9.59 Å². The zero-order valence-electron chi connectivity index (χ0n) is 28.4. The van der Waals surface area contributed by atoms with Gasteiger partial charge < -0.3 is 0 Å². The molecule has 0 heterocycles. The third kappa shape index (κ3) is 3.81. The van der Waals surface area contributed by atoms with Gasteiger partial charge in [0.15, 0.2) is 11.6 Å². The number of nitrogens with zero attached hydrogens (tertiary/aromatic N) is 2. The largest absolute Gasteiger partial charge is 0.295 e. The number of rotatable bonds is 1. The molecule has 0 radical (unpaired) electrons. The van der Waals surface area contributed by atoms with Crippen molar-refractivity contribution >= 4 is 23.0 Å². The molecule has 44 heavy (non-hydrogen) atoms. The Hall–Kier alpha value is -1.84. The van der Waals surface area contributed by atoms with Gasteiger partial charge in [0, 0.05) is 35.1 Å². The lowest BCUT2D eigenvalue weighted by Crippen LogP contribution is -2.53. The maximum absolute atomic E-state index is 12.4. The zero-order valence-corrected chi connectivity index (χ0v) is 28.4. The summed E-state index contributed by atoms with van der Waals surface area (Å²) in [7, 11) is 0. The summed E-state index contributed by atoms with van der Waals surface area (Å²) >= 11 is 0. The van der Waals surface area contributed by atoms with E-state index in [4.69, 9.17) is 10.2 Å². The molecule has 0 saturated heterocycles. The molecule has 12 atom stereocenters. The van der Waals surface area contributed by atoms with Crippen LogP contribution in [0.25, 0.3) is 0 Å². The van der Waals surface area contributed by atoms with Crippen LogP contribution in [-0.4, -0.2) is 23.0 Å². The molecule has 0 amide bonds. The van der Waals surface area contributed by atoms with Gasteiger partial charge in [-0.3, -0.25) is 9.59 Å². The predicted octanol–water partition coefficient (Wildman–Crippen LogP) is 9.34. The average Bonchev–Trinajstić information content (AvgIpc) is 3.49. The molecular weight excluding hydrogens is 540 g/mol. The van der Waals surface area contributed by atoms with E-state index < -0.39 is 0 Å². The normalized spacial score (nSPS) is 53.2. The zero-order chi connectivity index (χ0) is 30.8. The van der Waals surface area contributed by atoms with Crippen molar-refractivity contribution in [3.05, 3.63) is 23.3 Å². The molecule has 0 aromatic rings. The summed E-state index contributed by atoms with van der Waals surface area (Å²) in [5.74, 6) is 5.95. The smallest absolute Gasteiger partial charge is 0.155 e. The number of hydrogen-bond acceptors (Lipinski definition) is 4. The summed E-state index contributed by atoms with van der Waals surface area (Å²) in [6.07, 6.45) is 20.0. The molecule has 0 aliphatic heterocycles. The van der Waals surface area contributed by atoms with E-state index in [0.29, 0.717) is 47.1 Å². The summed E-state index contributed by atoms with van der Waals surface area (Å²) in [5, 5.41) is 10.5. The molecule has 0 spiro atoms. The number of ketones is 2. The molecule has 4 heteroatoms. The fourth-order valence-corrected chi connectivity index (χ4v) is 13.9. The van der Waals surface area contributed by atoms with E-state index >= 15 is 0 Å². The van der Waals surface area contributed by atoms with Gasteiger partial charge in [-0.25, -0.2) is 0 Å². The molecule has 0 aromatic heterocycles. The lowest BCUT2D eigenvalue weighted by molar-refractivity contribution is -0.120. The number of fused-ring (bicyclic) bond motifs is 10. The minimum atomic E-state index is 0.183. The Morgan fingerprint density at radius 2 is 0.977 bits per heavy atom. The van der Waals surface area contributed by atoms with E-state index in [1.165, 1.54) is 73.9 Å². The van der Waals surface area contributed by atoms with Crippen molar-refractivity contribution in [2.24, 2.45) is 79.2 Å². The first-order valence-electron chi connectivity index (χ1n) is 18.5. The molecular formula is C40H56N2O2. The number of carbonyl (C=O) groups is 2. The Kier molecular flexibility index (Phi) is 6.61. The number of allylic oxidation sites excluding steroid dienone is 2. The predicted molar refractivity (Wildman–Crippen MR) is 177 cm³/mol. The number of hydrogen-bond donors (Lipinski definition) is 0. The lowest BCUT2D eigenvalue weighted by Gasteiger charge is -2.59. The van der Waals surface area contributed by atoms with Gasteiger partial charge in [0.05, 0.1) is 0 Å². The van der Waals surface area contributed by atoms with Crippen LogP contribution in [0.3, 0.4) is 0 Å². The monoisotopic (exact) mass is 596 g/mol. The van der Waals surface area contributed by atoms with Gasteiger partial charge >= 0.3 is 0 Å². The van der Waals surface area contributed by atoms with Gasteiger partial charge in [0.25, 0.3) is 0 Å². The molecule has 0 unspecified atom stereocenters. The minimum Gasteiger partial charge on any atom is -0.295 e. The maximum atomic E-state index is 12.4. The summed E-state index contributed by atoms with van der Waals surface area (Å²) in [6.45, 7) is 14.8. The second-order valence-electron chi connectivity index (χ2n) is 18.0. The van der Waals surface area contributed by atoms with Gasteiger partial charge in [-0.2, -0.15) is 10.2 Å². The standard InChI is InChI=1S/C40H56N2O2/c1-23-19-27(43)21-25-7-9-29-31-11-13-35(37(31,3)17-15-33(29)39(23,25)5)41-42-36-14-12-32-30-10-8-26-22-28(44)20-24(2)40(26,6)34(30)16-18-38(32,36)4/h21-24,29-34H,7-20H2,1-6H3/t23-,24-,29-,30+,31+,32+,33+,34+,37-,38-,39+,40-/m0/s1. The second kappa shape index (κ2) is 9.83. The van der Waals surface area contributed by atoms with Crippen LogP contribution in [0.5, 0.6) is 0 Å². The van der Waals surface area contributed by atoms with Crippen LogP contribution in [0, 0.1) is 69.0 Å². The Morgan fingerprint density at radius 3 is 1.39 bits per heavy atom. The highest BCUT2D eigenvalue weighted by Crippen LogP contribution is 2.67. The molecule has 0 aromatic carbocycles. The Bertz CT molecular complexity index is 1310. The van der Waals surface area contributed by atoms with Crippen molar-refractivity contribution in [2.75, 3.05) is 0 Å². The molecule has 0 N–H and O–H groups in total. The van der Waals surface area contributed by atoms with Gasteiger partial charge in [-0.05, 0) is 147 Å². The van der Waals surface area contributed by atoms with Crippen LogP contribution < -0.4 is 0 Å². The van der Waals surface area contributed by atoms with Gasteiger partial charge in [-0.15, -0.1) is 0 Å². The fourth-order valence-electron chi connectivity index (χ4n) is 13.9. The van der Waals surface area contributed by atoms with Crippen molar-refractivity contribution in [2.45, 2.75) is 131 Å². The molecule has 238 valence electrons. The first-order chi connectivity index (χ1) is 20.9. The summed E-state index contributed by atoms with van der Waals surface area (Å²) in [5.41, 5.74) is 6.49. The fraction of sp³-hybridized carbons (Fsp3) is 0.800. The van der Waals surface area contributed by atoms with Crippen LogP contribution in [0.4, 0.5) is 0 Å². The molecule has 6 saturated carbocycles. The molecule has 4 nitrogen and oxygen atoms in total. The van der Waals surface area contributed by atoms with E-state index in [1.807, 2.05) is 12.2 Å². The minimum absolute atomic E-state index is 0.183. The van der Waals surface area contributed by atoms with E-state index in [9.17, 15) is 9.59 Å². The first kappa shape index (κ1) is 29.6. The average molecular weight is 597 g/mol. The first-order valence-corrected chi connectivity index (χ1v) is 18.5. The van der Waals surface area contributed by atoms with Crippen LogP contribution in [0.2, 0.25) is 0 Å². The summed E-state index contributed by atoms with van der Waals surface area (Å²) in [6, 6.07) is 0. The molecule has 8 rings (SSSR count). The van der Waals surface area contributed by atoms with E-state index in [-0.39, 0.29) is 21.7 Å². The van der Waals surface area contributed by atoms with Crippen molar-refractivity contribution in [3.63, 3.8) is 0 Å². The summed E-state index contributed by atoms with van der Waals surface area (Å²) < 4.78 is 0. The van der Waals surface area contributed by atoms with E-state index in [1.54, 1.807) is 0 Å². The lowest BCUT2D eigenvalue weighted by atomic mass is 9.45. The van der Waals surface area contributed by atoms with Gasteiger partial charge in [0.1, 0.15) is 0 Å². The maximum Gasteiger partial charge on any atom is 0.155 e. The van der Waals surface area contributed by atoms with Gasteiger partial charge in [0.2, 0.25) is 0 Å². The topological polar surface area (TPSA) is 58.9 Å². The Balaban J connectivity index is 1.03. The van der Waals surface area contributed by atoms with Crippen LogP contribution >= 0.6 is 0 Å². The molecule has 8 aliphatic carbocycles. The summed E-state index contributed by atoms with van der Waals surface area (Å²) in [4.78, 5) is 24.9. The highest BCUT2D eigenvalue weighted by atomic mass is 16.1. The Morgan fingerprint density at radius 1 is 0.568 bits per heavy atom. The highest BCUT2D eigenvalue weighted by Gasteiger charge is 2.61. The highest BCUT2D eigenvalue weighted by molar-refractivity contribution is 5.96. The second-order valence-corrected chi connectivity index (χ2v) is 18.0. The third-order valence-electron chi connectivity index (χ3n) is 16.8. The number of carbonyl (C=O) groups excluding carboxylic acids is 2. The Labute approximate surface area is 266 Å². The SMILES string of the molecule is C[C@H]1CC(=O)C=C2CC[C@H]3[C@@H](CC[C@]4(C)C(=NN=C5CC[C@@H]6[C@@H]7CCC8=CC(=O)C[C@H](C)[C@@]8(C)[C@@H]7CC[C@]56C)CC[C@H]34)[C@]21C. The van der Waals surface area contributed by atoms with Gasteiger partial charge in [-0.1, -0.05) is 52.7 Å². The van der Waals surface area contributed by atoms with Crippen molar-refractivity contribution in [1.29, 1.82) is 0 Å². The van der Waals surface area contributed by atoms with Crippen molar-refractivity contribution in [3.8, 4) is 0 Å². The van der Waals surface area contributed by atoms with E-state index in [0.717, 1.165) is 50.4 Å². The van der Waals surface area contributed by atoms with Crippen LogP contribution in [0.15, 0.2) is 33.5 Å². The molecule has 8 aliphatic rings. The van der Waals surface area contributed by atoms with E-state index in [2.05, 4.69) is 41.5 Å². The molecule has 0 bridgehead atoms. The third-order valence-corrected chi connectivity index (χ3v) is 16.8. The van der Waals surface area contributed by atoms with Crippen LogP contribution in [-0.2, 0) is 9.59 Å². The quantitative estimate of drug-likeness (QED) is 0.283. The van der Waals surface area contributed by atoms with Crippen LogP contribution in [0.1, 0.15) is 131 Å². The molecule has 6 fully saturated rings. The van der Waals surface area contributed by atoms with Crippen molar-refractivity contribution in [1.82, 2.24) is 0 Å².